The van der Waals surface area contributed by atoms with Crippen molar-refractivity contribution in [3.8, 4) is 5.75 Å². The topological polar surface area (TPSA) is 46.6 Å². The van der Waals surface area contributed by atoms with Crippen molar-refractivity contribution in [2.75, 3.05) is 6.61 Å². The van der Waals surface area contributed by atoms with Crippen LogP contribution in [0, 0.1) is 5.82 Å². The number of carbonyl (C=O) groups is 2. The van der Waals surface area contributed by atoms with E-state index in [1.54, 1.807) is 0 Å². The van der Waals surface area contributed by atoms with Gasteiger partial charge in [0.25, 0.3) is 5.91 Å². The van der Waals surface area contributed by atoms with E-state index in [0.717, 1.165) is 25.3 Å². The monoisotopic (exact) mass is 307 g/mol. The van der Waals surface area contributed by atoms with Crippen molar-refractivity contribution < 1.29 is 18.7 Å². The van der Waals surface area contributed by atoms with E-state index < -0.39 is 5.82 Å². The van der Waals surface area contributed by atoms with E-state index in [2.05, 4.69) is 0 Å². The summed E-state index contributed by atoms with van der Waals surface area (Å²) in [5.74, 6) is -0.969. The number of hydrogen-bond donors (Lipinski definition) is 0. The molecule has 0 spiro atoms. The third-order valence-corrected chi connectivity index (χ3v) is 4.17. The van der Waals surface area contributed by atoms with E-state index in [1.807, 2.05) is 18.7 Å². The van der Waals surface area contributed by atoms with Crippen LogP contribution in [0.25, 0.3) is 0 Å². The summed E-state index contributed by atoms with van der Waals surface area (Å²) in [7, 11) is 0. The molecule has 22 heavy (non-hydrogen) atoms. The molecule has 0 radical (unpaired) electrons. The largest absolute Gasteiger partial charge is 0.481 e. The average molecular weight is 307 g/mol. The summed E-state index contributed by atoms with van der Waals surface area (Å²) in [5.41, 5.74) is 0.287. The number of nitrogens with zero attached hydrogens (tertiary/aromatic N) is 1. The molecule has 2 rings (SSSR count). The van der Waals surface area contributed by atoms with Gasteiger partial charge in [-0.1, -0.05) is 0 Å². The quantitative estimate of drug-likeness (QED) is 0.803. The van der Waals surface area contributed by atoms with E-state index in [9.17, 15) is 14.0 Å². The smallest absolute Gasteiger partial charge is 0.260 e. The minimum Gasteiger partial charge on any atom is -0.481 e. The van der Waals surface area contributed by atoms with Gasteiger partial charge in [0.1, 0.15) is 0 Å². The van der Waals surface area contributed by atoms with Gasteiger partial charge in [-0.15, -0.1) is 0 Å². The number of halogens is 1. The molecule has 1 aliphatic rings. The first-order chi connectivity index (χ1) is 10.4. The molecule has 1 saturated heterocycles. The summed E-state index contributed by atoms with van der Waals surface area (Å²) in [5, 5.41) is 0. The minimum absolute atomic E-state index is 0.00401. The fourth-order valence-electron chi connectivity index (χ4n) is 2.96. The maximum Gasteiger partial charge on any atom is 0.260 e. The zero-order valence-corrected chi connectivity index (χ0v) is 13.3. The highest BCUT2D eigenvalue weighted by Crippen LogP contribution is 2.23. The zero-order valence-electron chi connectivity index (χ0n) is 13.3. The Morgan fingerprint density at radius 2 is 1.91 bits per heavy atom. The molecule has 0 saturated carbocycles. The molecule has 2 atom stereocenters. The SMILES string of the molecule is CC(=O)c1ccc(OCC(=O)N2[C@@H](C)CCC[C@@H]2C)c(F)c1. The molecular weight excluding hydrogens is 285 g/mol. The molecular formula is C17H22FNO3. The molecule has 1 aromatic carbocycles. The third-order valence-electron chi connectivity index (χ3n) is 4.17. The number of Topliss-reactive ketones (excluding diaryl/α,β-unsaturated/α-hetero) is 1. The Morgan fingerprint density at radius 1 is 1.27 bits per heavy atom. The van der Waals surface area contributed by atoms with Crippen LogP contribution in [0.2, 0.25) is 0 Å². The molecule has 1 fully saturated rings. The predicted molar refractivity (Wildman–Crippen MR) is 81.5 cm³/mol. The van der Waals surface area contributed by atoms with Gasteiger partial charge in [-0.3, -0.25) is 9.59 Å². The third kappa shape index (κ3) is 3.64. The van der Waals surface area contributed by atoms with Crippen LogP contribution in [0.1, 0.15) is 50.4 Å². The number of benzene rings is 1. The first kappa shape index (κ1) is 16.5. The summed E-state index contributed by atoms with van der Waals surface area (Å²) < 4.78 is 19.2. The summed E-state index contributed by atoms with van der Waals surface area (Å²) in [6.45, 7) is 5.23. The highest BCUT2D eigenvalue weighted by atomic mass is 19.1. The van der Waals surface area contributed by atoms with Crippen molar-refractivity contribution in [1.29, 1.82) is 0 Å². The van der Waals surface area contributed by atoms with Gasteiger partial charge in [0.05, 0.1) is 0 Å². The summed E-state index contributed by atoms with van der Waals surface area (Å²) >= 11 is 0. The van der Waals surface area contributed by atoms with Crippen LogP contribution in [-0.4, -0.2) is 35.3 Å². The fourth-order valence-corrected chi connectivity index (χ4v) is 2.96. The van der Waals surface area contributed by atoms with Gasteiger partial charge in [0, 0.05) is 17.6 Å². The number of piperidine rings is 1. The maximum atomic E-state index is 13.9. The molecule has 0 N–H and O–H groups in total. The van der Waals surface area contributed by atoms with Gasteiger partial charge in [0.2, 0.25) is 0 Å². The predicted octanol–water partition coefficient (Wildman–Crippen LogP) is 3.20. The molecule has 0 aliphatic carbocycles. The van der Waals surface area contributed by atoms with Crippen LogP contribution in [-0.2, 0) is 4.79 Å². The number of ketones is 1. The van der Waals surface area contributed by atoms with Crippen LogP contribution >= 0.6 is 0 Å². The Morgan fingerprint density at radius 3 is 2.45 bits per heavy atom. The van der Waals surface area contributed by atoms with Gasteiger partial charge < -0.3 is 9.64 Å². The van der Waals surface area contributed by atoms with Crippen molar-refractivity contribution in [1.82, 2.24) is 4.90 Å². The molecule has 1 amide bonds. The molecule has 1 aromatic rings. The summed E-state index contributed by atoms with van der Waals surface area (Å²) in [6, 6.07) is 4.39. The lowest BCUT2D eigenvalue weighted by Gasteiger charge is -2.38. The van der Waals surface area contributed by atoms with Crippen LogP contribution < -0.4 is 4.74 Å². The van der Waals surface area contributed by atoms with Gasteiger partial charge >= 0.3 is 0 Å². The van der Waals surface area contributed by atoms with E-state index in [-0.39, 0.29) is 41.7 Å². The second-order valence-corrected chi connectivity index (χ2v) is 5.92. The summed E-state index contributed by atoms with van der Waals surface area (Å²) in [4.78, 5) is 25.3. The molecule has 5 heteroatoms. The molecule has 1 heterocycles. The van der Waals surface area contributed by atoms with E-state index in [1.165, 1.54) is 19.1 Å². The average Bonchev–Trinajstić information content (AvgIpc) is 2.45. The van der Waals surface area contributed by atoms with Gasteiger partial charge in [-0.25, -0.2) is 4.39 Å². The first-order valence-electron chi connectivity index (χ1n) is 7.64. The standard InChI is InChI=1S/C17H22FNO3/c1-11-5-4-6-12(2)19(11)17(21)10-22-16-8-7-14(13(3)20)9-15(16)18/h7-9,11-12H,4-6,10H2,1-3H3/t11-,12-/m0/s1. The van der Waals surface area contributed by atoms with Crippen LogP contribution in [0.15, 0.2) is 18.2 Å². The van der Waals surface area contributed by atoms with Gasteiger partial charge in [-0.05, 0) is 58.2 Å². The molecule has 0 unspecified atom stereocenters. The molecule has 120 valence electrons. The second kappa shape index (κ2) is 6.90. The highest BCUT2D eigenvalue weighted by Gasteiger charge is 2.29. The van der Waals surface area contributed by atoms with E-state index in [0.29, 0.717) is 0 Å². The van der Waals surface area contributed by atoms with Gasteiger partial charge in [0.15, 0.2) is 24.0 Å². The lowest BCUT2D eigenvalue weighted by atomic mass is 9.97. The van der Waals surface area contributed by atoms with Crippen molar-refractivity contribution in [3.05, 3.63) is 29.6 Å². The van der Waals surface area contributed by atoms with Crippen molar-refractivity contribution >= 4 is 11.7 Å². The van der Waals surface area contributed by atoms with Crippen LogP contribution in [0.3, 0.4) is 0 Å². The lowest BCUT2D eigenvalue weighted by molar-refractivity contribution is -0.139. The second-order valence-electron chi connectivity index (χ2n) is 5.92. The van der Waals surface area contributed by atoms with Gasteiger partial charge in [-0.2, -0.15) is 0 Å². The molecule has 0 aromatic heterocycles. The molecule has 4 nitrogen and oxygen atoms in total. The van der Waals surface area contributed by atoms with Crippen LogP contribution in [0.5, 0.6) is 5.75 Å². The number of amides is 1. The number of ether oxygens (including phenoxy) is 1. The first-order valence-corrected chi connectivity index (χ1v) is 7.64. The lowest BCUT2D eigenvalue weighted by Crippen LogP contribution is -2.49. The summed E-state index contributed by atoms with van der Waals surface area (Å²) in [6.07, 6.45) is 3.09. The minimum atomic E-state index is -0.625. The zero-order chi connectivity index (χ0) is 16.3. The number of likely N-dealkylation sites (tertiary alicyclic amines) is 1. The Kier molecular flexibility index (Phi) is 5.16. The molecule has 0 bridgehead atoms. The van der Waals surface area contributed by atoms with E-state index in [4.69, 9.17) is 4.74 Å². The maximum absolute atomic E-state index is 13.9. The van der Waals surface area contributed by atoms with Crippen molar-refractivity contribution in [3.63, 3.8) is 0 Å². The van der Waals surface area contributed by atoms with E-state index >= 15 is 0 Å². The fraction of sp³-hybridized carbons (Fsp3) is 0.529. The Labute approximate surface area is 130 Å². The Balaban J connectivity index is 2.00. The normalized spacial score (nSPS) is 21.5. The Bertz CT molecular complexity index is 563. The Hall–Kier alpha value is -1.91. The number of hydrogen-bond acceptors (Lipinski definition) is 3. The number of carbonyl (C=O) groups excluding carboxylic acids is 2. The van der Waals surface area contributed by atoms with Crippen molar-refractivity contribution in [2.24, 2.45) is 0 Å². The van der Waals surface area contributed by atoms with Crippen LogP contribution in [0.4, 0.5) is 4.39 Å². The molecule has 1 aliphatic heterocycles. The number of rotatable bonds is 4. The van der Waals surface area contributed by atoms with Crippen molar-refractivity contribution in [2.45, 2.75) is 52.1 Å². The highest BCUT2D eigenvalue weighted by molar-refractivity contribution is 5.94.